The molecule has 1 saturated heterocycles. The van der Waals surface area contributed by atoms with Gasteiger partial charge in [0.2, 0.25) is 10.0 Å². The molecule has 5 nitrogen and oxygen atoms in total. The Morgan fingerprint density at radius 1 is 1.03 bits per heavy atom. The highest BCUT2D eigenvalue weighted by molar-refractivity contribution is 7.99. The third-order valence-corrected chi connectivity index (χ3v) is 8.72. The van der Waals surface area contributed by atoms with E-state index >= 15 is 0 Å². The zero-order chi connectivity index (χ0) is 21.3. The van der Waals surface area contributed by atoms with Gasteiger partial charge >= 0.3 is 0 Å². The van der Waals surface area contributed by atoms with Crippen LogP contribution in [0.1, 0.15) is 37.0 Å². The van der Waals surface area contributed by atoms with Gasteiger partial charge in [-0.25, -0.2) is 8.42 Å². The molecule has 160 valence electrons. The van der Waals surface area contributed by atoms with Gasteiger partial charge in [-0.3, -0.25) is 4.79 Å². The van der Waals surface area contributed by atoms with Crippen LogP contribution in [0, 0.1) is 11.8 Å². The number of sulfonamides is 1. The van der Waals surface area contributed by atoms with Gasteiger partial charge < -0.3 is 4.90 Å². The molecule has 1 fully saturated rings. The second kappa shape index (κ2) is 8.73. The van der Waals surface area contributed by atoms with Crippen LogP contribution >= 0.6 is 11.8 Å². The fraction of sp³-hybridized carbons (Fsp3) is 0.435. The minimum atomic E-state index is -3.62. The Hall–Kier alpha value is -1.83. The smallest absolute Gasteiger partial charge is 0.258 e. The topological polar surface area (TPSA) is 57.7 Å². The summed E-state index contributed by atoms with van der Waals surface area (Å²) in [6.45, 7) is 5.87. The van der Waals surface area contributed by atoms with Crippen molar-refractivity contribution >= 4 is 33.4 Å². The number of piperidine rings is 1. The molecule has 0 bridgehead atoms. The van der Waals surface area contributed by atoms with Gasteiger partial charge in [0.05, 0.1) is 10.6 Å². The number of nitrogens with zero attached hydrogens (tertiary/aromatic N) is 2. The van der Waals surface area contributed by atoms with Crippen molar-refractivity contribution in [3.8, 4) is 0 Å². The van der Waals surface area contributed by atoms with Crippen LogP contribution in [0.25, 0.3) is 0 Å². The van der Waals surface area contributed by atoms with Crippen molar-refractivity contribution in [2.45, 2.75) is 36.5 Å². The minimum absolute atomic E-state index is 0.151. The summed E-state index contributed by atoms with van der Waals surface area (Å²) in [4.78, 5) is 16.5. The quantitative estimate of drug-likeness (QED) is 0.700. The van der Waals surface area contributed by atoms with E-state index in [1.807, 2.05) is 24.3 Å². The molecule has 0 aliphatic carbocycles. The van der Waals surface area contributed by atoms with Crippen molar-refractivity contribution in [3.05, 3.63) is 54.1 Å². The van der Waals surface area contributed by atoms with Gasteiger partial charge in [-0.1, -0.05) is 32.0 Å². The molecular formula is C23H28N2O3S2. The number of rotatable bonds is 3. The molecular weight excluding hydrogens is 416 g/mol. The maximum atomic E-state index is 13.4. The largest absolute Gasteiger partial charge is 0.307 e. The summed E-state index contributed by atoms with van der Waals surface area (Å²) in [6, 6.07) is 14.4. The molecule has 0 saturated carbocycles. The highest BCUT2D eigenvalue weighted by Gasteiger charge is 2.32. The third kappa shape index (κ3) is 4.29. The predicted octanol–water partition coefficient (Wildman–Crippen LogP) is 4.50. The molecule has 2 atom stereocenters. The molecule has 7 heteroatoms. The van der Waals surface area contributed by atoms with Gasteiger partial charge in [0.25, 0.3) is 5.91 Å². The summed E-state index contributed by atoms with van der Waals surface area (Å²) < 4.78 is 28.1. The lowest BCUT2D eigenvalue weighted by Gasteiger charge is -2.34. The summed E-state index contributed by atoms with van der Waals surface area (Å²) in [5, 5.41) is 0. The second-order valence-electron chi connectivity index (χ2n) is 8.42. The van der Waals surface area contributed by atoms with E-state index in [2.05, 4.69) is 13.8 Å². The lowest BCUT2D eigenvalue weighted by atomic mass is 9.94. The van der Waals surface area contributed by atoms with E-state index in [-0.39, 0.29) is 10.8 Å². The SMILES string of the molecule is C[C@@H]1C[C@@H](C)CN(S(=O)(=O)c2cccc(C(=O)N3CCCSc4ccccc43)c2)C1. The fourth-order valence-electron chi connectivity index (χ4n) is 4.43. The van der Waals surface area contributed by atoms with E-state index < -0.39 is 10.0 Å². The summed E-state index contributed by atoms with van der Waals surface area (Å²) in [6.07, 6.45) is 1.93. The normalized spacial score (nSPS) is 22.9. The molecule has 0 spiro atoms. The Morgan fingerprint density at radius 2 is 1.77 bits per heavy atom. The highest BCUT2D eigenvalue weighted by Crippen LogP contribution is 2.34. The van der Waals surface area contributed by atoms with Crippen LogP contribution in [0.2, 0.25) is 0 Å². The first-order valence-corrected chi connectivity index (χ1v) is 12.9. The van der Waals surface area contributed by atoms with Gasteiger partial charge in [0.1, 0.15) is 0 Å². The number of amides is 1. The average molecular weight is 445 g/mol. The molecule has 2 aliphatic rings. The number of para-hydroxylation sites is 1. The Labute approximate surface area is 183 Å². The Morgan fingerprint density at radius 3 is 2.53 bits per heavy atom. The van der Waals surface area contributed by atoms with Gasteiger partial charge in [-0.05, 0) is 60.8 Å². The van der Waals surface area contributed by atoms with Crippen molar-refractivity contribution < 1.29 is 13.2 Å². The van der Waals surface area contributed by atoms with Crippen LogP contribution < -0.4 is 4.90 Å². The predicted molar refractivity (Wildman–Crippen MR) is 122 cm³/mol. The van der Waals surface area contributed by atoms with E-state index in [0.717, 1.165) is 29.2 Å². The molecule has 0 N–H and O–H groups in total. The summed E-state index contributed by atoms with van der Waals surface area (Å²) in [7, 11) is -3.62. The monoisotopic (exact) mass is 444 g/mol. The first-order chi connectivity index (χ1) is 14.4. The number of hydrogen-bond acceptors (Lipinski definition) is 4. The Balaban J connectivity index is 1.64. The average Bonchev–Trinajstić information content (AvgIpc) is 2.95. The van der Waals surface area contributed by atoms with Crippen molar-refractivity contribution in [2.24, 2.45) is 11.8 Å². The van der Waals surface area contributed by atoms with E-state index in [1.165, 1.54) is 0 Å². The summed E-state index contributed by atoms with van der Waals surface area (Å²) >= 11 is 1.76. The maximum Gasteiger partial charge on any atom is 0.258 e. The first kappa shape index (κ1) is 21.4. The van der Waals surface area contributed by atoms with E-state index in [1.54, 1.807) is 45.2 Å². The molecule has 0 aromatic heterocycles. The second-order valence-corrected chi connectivity index (χ2v) is 11.5. The number of hydrogen-bond donors (Lipinski definition) is 0. The van der Waals surface area contributed by atoms with Gasteiger partial charge in [-0.15, -0.1) is 11.8 Å². The molecule has 2 heterocycles. The van der Waals surface area contributed by atoms with Crippen LogP contribution in [0.4, 0.5) is 5.69 Å². The molecule has 0 radical (unpaired) electrons. The van der Waals surface area contributed by atoms with Gasteiger partial charge in [0, 0.05) is 30.1 Å². The number of anilines is 1. The molecule has 4 rings (SSSR count). The van der Waals surface area contributed by atoms with Crippen LogP contribution in [-0.2, 0) is 10.0 Å². The lowest BCUT2D eigenvalue weighted by molar-refractivity contribution is 0.0986. The molecule has 1 amide bonds. The number of carbonyl (C=O) groups is 1. The highest BCUT2D eigenvalue weighted by atomic mass is 32.2. The molecule has 0 unspecified atom stereocenters. The Kier molecular flexibility index (Phi) is 6.23. The van der Waals surface area contributed by atoms with Crippen LogP contribution in [0.5, 0.6) is 0 Å². The van der Waals surface area contributed by atoms with Gasteiger partial charge in [-0.2, -0.15) is 4.31 Å². The van der Waals surface area contributed by atoms with Crippen LogP contribution in [0.3, 0.4) is 0 Å². The van der Waals surface area contributed by atoms with Crippen molar-refractivity contribution in [1.29, 1.82) is 0 Å². The van der Waals surface area contributed by atoms with E-state index in [0.29, 0.717) is 37.0 Å². The first-order valence-electron chi connectivity index (χ1n) is 10.5. The van der Waals surface area contributed by atoms with E-state index in [9.17, 15) is 13.2 Å². The van der Waals surface area contributed by atoms with Crippen LogP contribution in [0.15, 0.2) is 58.3 Å². The van der Waals surface area contributed by atoms with Crippen molar-refractivity contribution in [1.82, 2.24) is 4.31 Å². The fourth-order valence-corrected chi connectivity index (χ4v) is 7.16. The maximum absolute atomic E-state index is 13.4. The standard InChI is InChI=1S/C23H28N2O3S2/c1-17-13-18(2)16-24(15-17)30(27,28)20-8-5-7-19(14-20)23(26)25-11-6-12-29-22-10-4-3-9-21(22)25/h3-5,7-10,14,17-18H,6,11-13,15-16H2,1-2H3/t17-,18-/m1/s1. The Bertz CT molecular complexity index is 1030. The van der Waals surface area contributed by atoms with Crippen LogP contribution in [-0.4, -0.2) is 44.0 Å². The zero-order valence-corrected chi connectivity index (χ0v) is 19.1. The molecule has 2 aliphatic heterocycles. The number of thioether (sulfide) groups is 1. The molecule has 2 aromatic carbocycles. The zero-order valence-electron chi connectivity index (χ0n) is 17.5. The van der Waals surface area contributed by atoms with Gasteiger partial charge in [0.15, 0.2) is 0 Å². The van der Waals surface area contributed by atoms with Crippen molar-refractivity contribution in [3.63, 3.8) is 0 Å². The summed E-state index contributed by atoms with van der Waals surface area (Å²) in [5.41, 5.74) is 1.31. The summed E-state index contributed by atoms with van der Waals surface area (Å²) in [5.74, 6) is 1.47. The van der Waals surface area contributed by atoms with E-state index in [4.69, 9.17) is 0 Å². The molecule has 30 heavy (non-hydrogen) atoms. The third-order valence-electron chi connectivity index (χ3n) is 5.74. The number of fused-ring (bicyclic) bond motifs is 1. The number of benzene rings is 2. The van der Waals surface area contributed by atoms with Crippen molar-refractivity contribution in [2.75, 3.05) is 30.3 Å². The lowest BCUT2D eigenvalue weighted by Crippen LogP contribution is -2.42. The minimum Gasteiger partial charge on any atom is -0.307 e. The molecule has 2 aromatic rings. The number of carbonyl (C=O) groups excluding carboxylic acids is 1.